The summed E-state index contributed by atoms with van der Waals surface area (Å²) in [5.41, 5.74) is 2.39. The fourth-order valence-electron chi connectivity index (χ4n) is 2.88. The van der Waals surface area contributed by atoms with E-state index in [9.17, 15) is 9.18 Å². The molecule has 29 heavy (non-hydrogen) atoms. The molecule has 0 bridgehead atoms. The van der Waals surface area contributed by atoms with E-state index in [0.717, 1.165) is 16.9 Å². The Morgan fingerprint density at radius 2 is 1.83 bits per heavy atom. The molecule has 0 radical (unpaired) electrons. The molecule has 1 heterocycles. The van der Waals surface area contributed by atoms with Gasteiger partial charge in [-0.05, 0) is 48.9 Å². The number of carbonyl (C=O) groups excluding carboxylic acids is 1. The van der Waals surface area contributed by atoms with Gasteiger partial charge >= 0.3 is 5.97 Å². The quantitative estimate of drug-likeness (QED) is 0.507. The van der Waals surface area contributed by atoms with Gasteiger partial charge in [-0.1, -0.05) is 12.1 Å². The lowest BCUT2D eigenvalue weighted by atomic mass is 10.2. The number of benzene rings is 2. The Labute approximate surface area is 168 Å². The van der Waals surface area contributed by atoms with E-state index < -0.39 is 0 Å². The average molecular weight is 398 g/mol. The number of oxazole rings is 1. The summed E-state index contributed by atoms with van der Waals surface area (Å²) in [5, 5.41) is 0. The van der Waals surface area contributed by atoms with Crippen LogP contribution in [0.1, 0.15) is 18.2 Å². The van der Waals surface area contributed by atoms with Gasteiger partial charge in [-0.25, -0.2) is 9.37 Å². The van der Waals surface area contributed by atoms with Crippen LogP contribution in [0.4, 0.5) is 4.39 Å². The summed E-state index contributed by atoms with van der Waals surface area (Å²) in [4.78, 5) is 18.4. The van der Waals surface area contributed by atoms with Crippen LogP contribution in [0, 0.1) is 5.82 Å². The van der Waals surface area contributed by atoms with E-state index in [1.54, 1.807) is 32.4 Å². The van der Waals surface area contributed by atoms with Gasteiger partial charge in [0.1, 0.15) is 17.8 Å². The Hall–Kier alpha value is -3.19. The maximum Gasteiger partial charge on any atom is 0.320 e. The maximum atomic E-state index is 13.2. The molecule has 0 aliphatic carbocycles. The number of hydrogen-bond donors (Lipinski definition) is 0. The Morgan fingerprint density at radius 3 is 2.48 bits per heavy atom. The van der Waals surface area contributed by atoms with Gasteiger partial charge in [0.25, 0.3) is 0 Å². The molecule has 2 aromatic carbocycles. The van der Waals surface area contributed by atoms with E-state index in [1.807, 2.05) is 29.2 Å². The van der Waals surface area contributed by atoms with Crippen molar-refractivity contribution in [1.82, 2.24) is 9.88 Å². The molecule has 7 heteroatoms. The van der Waals surface area contributed by atoms with Crippen LogP contribution in [0.5, 0.6) is 5.75 Å². The molecule has 0 saturated carbocycles. The summed E-state index contributed by atoms with van der Waals surface area (Å²) < 4.78 is 29.0. The molecule has 3 aromatic rings. The first-order chi connectivity index (χ1) is 14.1. The van der Waals surface area contributed by atoms with Crippen molar-refractivity contribution < 1.29 is 23.1 Å². The van der Waals surface area contributed by atoms with Gasteiger partial charge < -0.3 is 13.9 Å². The molecule has 1 aromatic heterocycles. The predicted molar refractivity (Wildman–Crippen MR) is 106 cm³/mol. The molecule has 0 aliphatic rings. The van der Waals surface area contributed by atoms with Gasteiger partial charge in [0.15, 0.2) is 0 Å². The number of halogens is 1. The highest BCUT2D eigenvalue weighted by Gasteiger charge is 2.16. The smallest absolute Gasteiger partial charge is 0.320 e. The fourth-order valence-corrected chi connectivity index (χ4v) is 2.88. The van der Waals surface area contributed by atoms with Crippen LogP contribution in [0.15, 0.2) is 59.2 Å². The highest BCUT2D eigenvalue weighted by molar-refractivity contribution is 5.71. The zero-order valence-electron chi connectivity index (χ0n) is 16.4. The van der Waals surface area contributed by atoms with E-state index >= 15 is 0 Å². The highest BCUT2D eigenvalue weighted by atomic mass is 19.1. The van der Waals surface area contributed by atoms with Crippen molar-refractivity contribution >= 4 is 5.97 Å². The summed E-state index contributed by atoms with van der Waals surface area (Å²) in [7, 11) is 1.61. The van der Waals surface area contributed by atoms with Gasteiger partial charge in [0.2, 0.25) is 5.89 Å². The minimum Gasteiger partial charge on any atom is -0.497 e. The first-order valence-corrected chi connectivity index (χ1v) is 9.28. The molecule has 0 spiro atoms. The first kappa shape index (κ1) is 20.5. The number of esters is 1. The molecular weight excluding hydrogens is 375 g/mol. The molecule has 0 amide bonds. The van der Waals surface area contributed by atoms with Crippen molar-refractivity contribution in [2.75, 3.05) is 20.3 Å². The molecule has 0 N–H and O–H groups in total. The van der Waals surface area contributed by atoms with Crippen LogP contribution >= 0.6 is 0 Å². The van der Waals surface area contributed by atoms with E-state index in [1.165, 1.54) is 12.1 Å². The Bertz CT molecular complexity index is 923. The molecule has 0 aliphatic heterocycles. The third-order valence-electron chi connectivity index (χ3n) is 4.25. The lowest BCUT2D eigenvalue weighted by Crippen LogP contribution is -2.30. The summed E-state index contributed by atoms with van der Waals surface area (Å²) in [6.45, 7) is 3.01. The third-order valence-corrected chi connectivity index (χ3v) is 4.25. The minimum absolute atomic E-state index is 0.0932. The van der Waals surface area contributed by atoms with Crippen LogP contribution in [0.3, 0.4) is 0 Å². The Balaban J connectivity index is 1.73. The lowest BCUT2D eigenvalue weighted by Gasteiger charge is -2.20. The Kier molecular flexibility index (Phi) is 6.97. The lowest BCUT2D eigenvalue weighted by molar-refractivity contribution is -0.144. The third kappa shape index (κ3) is 5.89. The molecule has 3 rings (SSSR count). The number of carbonyl (C=O) groups is 1. The number of aromatic nitrogens is 1. The van der Waals surface area contributed by atoms with Crippen LogP contribution in [-0.4, -0.2) is 36.1 Å². The molecule has 0 atom stereocenters. The van der Waals surface area contributed by atoms with Gasteiger partial charge in [0.05, 0.1) is 26.0 Å². The average Bonchev–Trinajstić information content (AvgIpc) is 3.18. The van der Waals surface area contributed by atoms with E-state index in [-0.39, 0.29) is 18.3 Å². The monoisotopic (exact) mass is 398 g/mol. The molecule has 0 unspecified atom stereocenters. The molecule has 0 saturated heterocycles. The predicted octanol–water partition coefficient (Wildman–Crippen LogP) is 4.05. The van der Waals surface area contributed by atoms with Gasteiger partial charge in [-0.2, -0.15) is 0 Å². The number of hydrogen-bond acceptors (Lipinski definition) is 6. The van der Waals surface area contributed by atoms with Crippen molar-refractivity contribution in [3.8, 4) is 17.2 Å². The Morgan fingerprint density at radius 1 is 1.10 bits per heavy atom. The number of nitrogens with zero attached hydrogens (tertiary/aromatic N) is 2. The fraction of sp³-hybridized carbons (Fsp3) is 0.273. The van der Waals surface area contributed by atoms with Crippen LogP contribution < -0.4 is 4.74 Å². The second-order valence-electron chi connectivity index (χ2n) is 6.45. The molecule has 152 valence electrons. The van der Waals surface area contributed by atoms with Crippen molar-refractivity contribution in [2.24, 2.45) is 0 Å². The van der Waals surface area contributed by atoms with Gasteiger partial charge in [0, 0.05) is 18.7 Å². The minimum atomic E-state index is -0.325. The van der Waals surface area contributed by atoms with Crippen molar-refractivity contribution in [3.05, 3.63) is 71.9 Å². The molecular formula is C22H23FN2O4. The van der Waals surface area contributed by atoms with Gasteiger partial charge in [-0.15, -0.1) is 0 Å². The van der Waals surface area contributed by atoms with Crippen LogP contribution in [-0.2, 0) is 22.6 Å². The maximum absolute atomic E-state index is 13.2. The largest absolute Gasteiger partial charge is 0.497 e. The van der Waals surface area contributed by atoms with Gasteiger partial charge in [-0.3, -0.25) is 9.69 Å². The summed E-state index contributed by atoms with van der Waals surface area (Å²) in [6, 6.07) is 13.6. The number of methoxy groups -OCH3 is 1. The zero-order valence-corrected chi connectivity index (χ0v) is 16.4. The standard InChI is InChI=1S/C22H23FN2O4/c1-3-28-21(26)14-25(12-16-4-8-18(23)9-5-16)13-19-15-29-22(24-19)17-6-10-20(27-2)11-7-17/h4-11,15H,3,12-14H2,1-2H3. The number of ether oxygens (including phenoxy) is 2. The highest BCUT2D eigenvalue weighted by Crippen LogP contribution is 2.22. The van der Waals surface area contributed by atoms with Crippen molar-refractivity contribution in [3.63, 3.8) is 0 Å². The molecule has 6 nitrogen and oxygen atoms in total. The summed E-state index contributed by atoms with van der Waals surface area (Å²) in [6.07, 6.45) is 1.57. The summed E-state index contributed by atoms with van der Waals surface area (Å²) in [5.74, 6) is 0.612. The topological polar surface area (TPSA) is 64.8 Å². The zero-order chi connectivity index (χ0) is 20.6. The van der Waals surface area contributed by atoms with E-state index in [0.29, 0.717) is 31.3 Å². The van der Waals surface area contributed by atoms with Crippen molar-refractivity contribution in [2.45, 2.75) is 20.0 Å². The normalized spacial score (nSPS) is 10.9. The van der Waals surface area contributed by atoms with Crippen LogP contribution in [0.25, 0.3) is 11.5 Å². The number of rotatable bonds is 9. The van der Waals surface area contributed by atoms with E-state index in [2.05, 4.69) is 4.98 Å². The second-order valence-corrected chi connectivity index (χ2v) is 6.45. The van der Waals surface area contributed by atoms with E-state index in [4.69, 9.17) is 13.9 Å². The SMILES string of the molecule is CCOC(=O)CN(Cc1ccc(F)cc1)Cc1coc(-c2ccc(OC)cc2)n1. The second kappa shape index (κ2) is 9.84. The first-order valence-electron chi connectivity index (χ1n) is 9.28. The van der Waals surface area contributed by atoms with Crippen LogP contribution in [0.2, 0.25) is 0 Å². The van der Waals surface area contributed by atoms with Crippen molar-refractivity contribution in [1.29, 1.82) is 0 Å². The molecule has 0 fully saturated rings. The summed E-state index contributed by atoms with van der Waals surface area (Å²) >= 11 is 0.